The van der Waals surface area contributed by atoms with Gasteiger partial charge in [-0.3, -0.25) is 0 Å². The van der Waals surface area contributed by atoms with Gasteiger partial charge in [-0.15, -0.1) is 11.3 Å². The molecule has 1 atom stereocenters. The van der Waals surface area contributed by atoms with Gasteiger partial charge in [0, 0.05) is 30.4 Å². The Morgan fingerprint density at radius 1 is 1.21 bits per heavy atom. The minimum Gasteiger partial charge on any atom is -0.381 e. The molecule has 1 aromatic carbocycles. The highest BCUT2D eigenvalue weighted by Crippen LogP contribution is 2.46. The highest BCUT2D eigenvalue weighted by atomic mass is 35.5. The molecule has 11 heteroatoms. The fourth-order valence-electron chi connectivity index (χ4n) is 4.04. The van der Waals surface area contributed by atoms with Gasteiger partial charge in [-0.25, -0.2) is 28.5 Å². The number of hydrogen-bond donors (Lipinski definition) is 1. The standard InChI is InChI=1S/C22H24Cl2N4O3S2/c1-3-16(33(25,29)30)13-5-4-6-14(17(13)23)18-19(15-7-10-26-21(24)27-15)32-20(28-18)22(2)8-11-31-12-9-22/h4-7,10,16H,3,8-9,11-12H2,1-2H3,(H2,25,29,30). The maximum atomic E-state index is 12.2. The number of benzene rings is 1. The van der Waals surface area contributed by atoms with Gasteiger partial charge in [0.1, 0.15) is 5.25 Å². The van der Waals surface area contributed by atoms with E-state index in [9.17, 15) is 8.42 Å². The van der Waals surface area contributed by atoms with Gasteiger partial charge in [0.25, 0.3) is 0 Å². The average molecular weight is 527 g/mol. The van der Waals surface area contributed by atoms with E-state index in [-0.39, 0.29) is 10.7 Å². The number of nitrogens with two attached hydrogens (primary N) is 1. The number of rotatable bonds is 6. The monoisotopic (exact) mass is 526 g/mol. The summed E-state index contributed by atoms with van der Waals surface area (Å²) in [6.07, 6.45) is 3.59. The largest absolute Gasteiger partial charge is 0.381 e. The van der Waals surface area contributed by atoms with E-state index in [0.29, 0.717) is 47.2 Å². The quantitative estimate of drug-likeness (QED) is 0.431. The predicted molar refractivity (Wildman–Crippen MR) is 132 cm³/mol. The van der Waals surface area contributed by atoms with Gasteiger partial charge >= 0.3 is 0 Å². The Kier molecular flexibility index (Phi) is 7.10. The second-order valence-corrected chi connectivity index (χ2v) is 11.7. The topological polar surface area (TPSA) is 108 Å². The first kappa shape index (κ1) is 24.5. The van der Waals surface area contributed by atoms with E-state index in [1.54, 1.807) is 31.3 Å². The number of aromatic nitrogens is 3. The maximum Gasteiger partial charge on any atom is 0.222 e. The van der Waals surface area contributed by atoms with Crippen molar-refractivity contribution in [3.63, 3.8) is 0 Å². The zero-order chi connectivity index (χ0) is 23.8. The molecular weight excluding hydrogens is 503 g/mol. The second-order valence-electron chi connectivity index (χ2n) is 8.28. The van der Waals surface area contributed by atoms with Crippen molar-refractivity contribution in [3.8, 4) is 21.8 Å². The lowest BCUT2D eigenvalue weighted by Crippen LogP contribution is -2.30. The van der Waals surface area contributed by atoms with Crippen molar-refractivity contribution < 1.29 is 13.2 Å². The maximum absolute atomic E-state index is 12.2. The van der Waals surface area contributed by atoms with Crippen LogP contribution in [0.15, 0.2) is 30.5 Å². The molecule has 3 aromatic rings. The molecule has 0 aliphatic carbocycles. The molecule has 1 fully saturated rings. The summed E-state index contributed by atoms with van der Waals surface area (Å²) in [4.78, 5) is 14.2. The lowest BCUT2D eigenvalue weighted by Gasteiger charge is -2.31. The van der Waals surface area contributed by atoms with Crippen LogP contribution >= 0.6 is 34.5 Å². The summed E-state index contributed by atoms with van der Waals surface area (Å²) < 4.78 is 30.0. The molecule has 4 rings (SSSR count). The van der Waals surface area contributed by atoms with Gasteiger partial charge in [0.2, 0.25) is 15.3 Å². The molecule has 1 saturated heterocycles. The third-order valence-corrected chi connectivity index (χ3v) is 9.36. The van der Waals surface area contributed by atoms with E-state index in [0.717, 1.165) is 22.7 Å². The summed E-state index contributed by atoms with van der Waals surface area (Å²) in [7, 11) is -3.83. The Bertz CT molecular complexity index is 1270. The van der Waals surface area contributed by atoms with E-state index < -0.39 is 15.3 Å². The number of thiazole rings is 1. The summed E-state index contributed by atoms with van der Waals surface area (Å²) >= 11 is 14.4. The van der Waals surface area contributed by atoms with E-state index in [2.05, 4.69) is 16.9 Å². The Hall–Kier alpha value is -1.62. The van der Waals surface area contributed by atoms with Crippen molar-refractivity contribution in [1.29, 1.82) is 0 Å². The molecule has 1 unspecified atom stereocenters. The smallest absolute Gasteiger partial charge is 0.222 e. The van der Waals surface area contributed by atoms with Crippen LogP contribution in [0, 0.1) is 0 Å². The molecular formula is C22H24Cl2N4O3S2. The third kappa shape index (κ3) is 4.94. The first-order valence-electron chi connectivity index (χ1n) is 10.5. The zero-order valence-corrected chi connectivity index (χ0v) is 21.4. The summed E-state index contributed by atoms with van der Waals surface area (Å²) in [6.45, 7) is 5.28. The van der Waals surface area contributed by atoms with Gasteiger partial charge in [0.05, 0.1) is 26.3 Å². The van der Waals surface area contributed by atoms with Crippen LogP contribution in [0.5, 0.6) is 0 Å². The third-order valence-electron chi connectivity index (χ3n) is 6.00. The summed E-state index contributed by atoms with van der Waals surface area (Å²) in [5.41, 5.74) is 2.19. The number of hydrogen-bond acceptors (Lipinski definition) is 7. The van der Waals surface area contributed by atoms with Gasteiger partial charge < -0.3 is 4.74 Å². The molecule has 33 heavy (non-hydrogen) atoms. The fourth-order valence-corrected chi connectivity index (χ4v) is 6.87. The summed E-state index contributed by atoms with van der Waals surface area (Å²) in [5.74, 6) is 0. The van der Waals surface area contributed by atoms with Crippen molar-refractivity contribution in [2.75, 3.05) is 13.2 Å². The van der Waals surface area contributed by atoms with Gasteiger partial charge in [0.15, 0.2) is 0 Å². The number of nitrogens with zero attached hydrogens (tertiary/aromatic N) is 3. The molecule has 0 bridgehead atoms. The number of primary sulfonamides is 1. The fraction of sp³-hybridized carbons (Fsp3) is 0.409. The summed E-state index contributed by atoms with van der Waals surface area (Å²) in [6, 6.07) is 7.07. The lowest BCUT2D eigenvalue weighted by molar-refractivity contribution is 0.0564. The average Bonchev–Trinajstić information content (AvgIpc) is 3.21. The van der Waals surface area contributed by atoms with Crippen LogP contribution in [0.1, 0.15) is 48.9 Å². The van der Waals surface area contributed by atoms with E-state index in [4.69, 9.17) is 38.1 Å². The van der Waals surface area contributed by atoms with Crippen molar-refractivity contribution in [2.45, 2.75) is 43.8 Å². The number of halogens is 2. The van der Waals surface area contributed by atoms with E-state index in [1.807, 2.05) is 6.07 Å². The molecule has 0 amide bonds. The SMILES string of the molecule is CCC(c1cccc(-c2nc(C3(C)CCOCC3)sc2-c2ccnc(Cl)n2)c1Cl)S(N)(=O)=O. The van der Waals surface area contributed by atoms with Crippen molar-refractivity contribution in [1.82, 2.24) is 15.0 Å². The van der Waals surface area contributed by atoms with Crippen molar-refractivity contribution in [2.24, 2.45) is 5.14 Å². The summed E-state index contributed by atoms with van der Waals surface area (Å²) in [5, 5.41) is 5.98. The molecule has 0 saturated carbocycles. The molecule has 3 heterocycles. The predicted octanol–water partition coefficient (Wildman–Crippen LogP) is 5.38. The van der Waals surface area contributed by atoms with Crippen LogP contribution in [0.3, 0.4) is 0 Å². The Morgan fingerprint density at radius 2 is 1.94 bits per heavy atom. The molecule has 2 N–H and O–H groups in total. The highest BCUT2D eigenvalue weighted by molar-refractivity contribution is 7.89. The second kappa shape index (κ2) is 9.56. The Labute approximate surface area is 207 Å². The first-order valence-corrected chi connectivity index (χ1v) is 13.7. The highest BCUT2D eigenvalue weighted by Gasteiger charge is 2.35. The van der Waals surface area contributed by atoms with Crippen molar-refractivity contribution >= 4 is 44.6 Å². The molecule has 1 aliphatic heterocycles. The Morgan fingerprint density at radius 3 is 2.58 bits per heavy atom. The minimum atomic E-state index is -3.83. The lowest BCUT2D eigenvalue weighted by atomic mass is 9.83. The molecule has 0 spiro atoms. The van der Waals surface area contributed by atoms with Crippen LogP contribution in [-0.4, -0.2) is 36.6 Å². The minimum absolute atomic E-state index is 0.130. The zero-order valence-electron chi connectivity index (χ0n) is 18.2. The van der Waals surface area contributed by atoms with Gasteiger partial charge in [-0.05, 0) is 42.5 Å². The number of sulfonamides is 1. The van der Waals surface area contributed by atoms with Crippen LogP contribution < -0.4 is 5.14 Å². The Balaban J connectivity index is 1.93. The van der Waals surface area contributed by atoms with Crippen LogP contribution in [-0.2, 0) is 20.2 Å². The first-order chi connectivity index (χ1) is 15.6. The van der Waals surface area contributed by atoms with Crippen LogP contribution in [0.2, 0.25) is 10.3 Å². The van der Waals surface area contributed by atoms with E-state index in [1.165, 1.54) is 11.3 Å². The molecule has 176 valence electrons. The van der Waals surface area contributed by atoms with Gasteiger partial charge in [-0.2, -0.15) is 0 Å². The van der Waals surface area contributed by atoms with Crippen molar-refractivity contribution in [3.05, 3.63) is 51.3 Å². The van der Waals surface area contributed by atoms with Crippen LogP contribution in [0.4, 0.5) is 0 Å². The molecule has 1 aliphatic rings. The van der Waals surface area contributed by atoms with Crippen LogP contribution in [0.25, 0.3) is 21.8 Å². The van der Waals surface area contributed by atoms with E-state index >= 15 is 0 Å². The molecule has 7 nitrogen and oxygen atoms in total. The van der Waals surface area contributed by atoms with Gasteiger partial charge in [-0.1, -0.05) is 43.6 Å². The molecule has 2 aromatic heterocycles. The number of ether oxygens (including phenoxy) is 1. The normalized spacial score (nSPS) is 17.1. The molecule has 0 radical (unpaired) electrons.